The summed E-state index contributed by atoms with van der Waals surface area (Å²) in [7, 11) is 0. The summed E-state index contributed by atoms with van der Waals surface area (Å²) < 4.78 is 1.07. The van der Waals surface area contributed by atoms with Crippen molar-refractivity contribution in [3.63, 3.8) is 0 Å². The first-order valence-electron chi connectivity index (χ1n) is 5.92. The lowest BCUT2D eigenvalue weighted by molar-refractivity contribution is -0.121. The van der Waals surface area contributed by atoms with Gasteiger partial charge in [-0.05, 0) is 31.2 Å². The summed E-state index contributed by atoms with van der Waals surface area (Å²) in [6.45, 7) is 4.59. The second-order valence-corrected chi connectivity index (χ2v) is 6.80. The molecular weight excluding hydrogens is 348 g/mol. The topological polar surface area (TPSA) is 55.1 Å². The summed E-state index contributed by atoms with van der Waals surface area (Å²) in [6, 6.07) is 8.08. The van der Waals surface area contributed by atoms with Crippen LogP contribution in [0.2, 0.25) is 0 Å². The fourth-order valence-electron chi connectivity index (χ4n) is 1.41. The lowest BCUT2D eigenvalue weighted by Crippen LogP contribution is -2.33. The molecule has 0 bridgehead atoms. The first-order valence-corrected chi connectivity index (χ1v) is 7.59. The van der Waals surface area contributed by atoms with Crippen LogP contribution < -0.4 is 11.1 Å². The van der Waals surface area contributed by atoms with Gasteiger partial charge in [0.2, 0.25) is 5.91 Å². The molecule has 2 unspecified atom stereocenters. The molecule has 0 aliphatic heterocycles. The van der Waals surface area contributed by atoms with Crippen LogP contribution in [0, 0.1) is 0 Å². The molecule has 108 valence electrons. The number of carbonyl (C=O) groups is 1. The fraction of sp³-hybridized carbons (Fsp3) is 0.462. The predicted octanol–water partition coefficient (Wildman–Crippen LogP) is 3.21. The van der Waals surface area contributed by atoms with Gasteiger partial charge in [-0.15, -0.1) is 24.2 Å². The van der Waals surface area contributed by atoms with Crippen molar-refractivity contribution in [1.29, 1.82) is 0 Å². The number of nitrogens with one attached hydrogen (secondary N) is 1. The summed E-state index contributed by atoms with van der Waals surface area (Å²) in [5.41, 5.74) is 5.57. The molecule has 1 aromatic carbocycles. The van der Waals surface area contributed by atoms with Crippen LogP contribution in [0.25, 0.3) is 0 Å². The van der Waals surface area contributed by atoms with Gasteiger partial charge in [-0.1, -0.05) is 22.9 Å². The van der Waals surface area contributed by atoms with Crippen molar-refractivity contribution < 1.29 is 4.79 Å². The van der Waals surface area contributed by atoms with Gasteiger partial charge in [0.15, 0.2) is 0 Å². The van der Waals surface area contributed by atoms with E-state index >= 15 is 0 Å². The Hall–Kier alpha value is -0.230. The number of rotatable bonds is 6. The normalized spacial score (nSPS) is 13.3. The maximum atomic E-state index is 11.4. The highest BCUT2D eigenvalue weighted by Gasteiger charge is 2.08. The number of amides is 1. The summed E-state index contributed by atoms with van der Waals surface area (Å²) in [6.07, 6.45) is 0.385. The summed E-state index contributed by atoms with van der Waals surface area (Å²) >= 11 is 5.15. The molecule has 0 aliphatic carbocycles. The molecule has 0 fully saturated rings. The largest absolute Gasteiger partial charge is 0.355 e. The second-order valence-electron chi connectivity index (χ2n) is 4.37. The molecule has 3 nitrogen and oxygen atoms in total. The van der Waals surface area contributed by atoms with E-state index in [4.69, 9.17) is 5.73 Å². The van der Waals surface area contributed by atoms with E-state index in [0.29, 0.717) is 18.2 Å². The van der Waals surface area contributed by atoms with E-state index < -0.39 is 0 Å². The molecule has 0 spiro atoms. The number of thioether (sulfide) groups is 1. The minimum absolute atomic E-state index is 0. The van der Waals surface area contributed by atoms with Gasteiger partial charge in [0, 0.05) is 33.6 Å². The SMILES string of the molecule is CC(N)CC(=O)NCC(C)Sc1ccc(Br)cc1.Cl. The third kappa shape index (κ3) is 8.52. The molecule has 0 aliphatic rings. The van der Waals surface area contributed by atoms with Gasteiger partial charge in [-0.3, -0.25) is 4.79 Å². The standard InChI is InChI=1S/C13H19BrN2OS.ClH/c1-9(15)7-13(17)16-8-10(2)18-12-5-3-11(14)4-6-12;/h3-6,9-10H,7-8,15H2,1-2H3,(H,16,17);1H. The molecule has 0 saturated carbocycles. The Balaban J connectivity index is 0.00000324. The molecule has 19 heavy (non-hydrogen) atoms. The van der Waals surface area contributed by atoms with Crippen molar-refractivity contribution in [1.82, 2.24) is 5.32 Å². The Kier molecular flexibility index (Phi) is 9.52. The van der Waals surface area contributed by atoms with Crippen LogP contribution in [-0.2, 0) is 4.79 Å². The lowest BCUT2D eigenvalue weighted by atomic mass is 10.2. The highest BCUT2D eigenvalue weighted by molar-refractivity contribution is 9.10. The van der Waals surface area contributed by atoms with Gasteiger partial charge in [-0.2, -0.15) is 0 Å². The van der Waals surface area contributed by atoms with Gasteiger partial charge in [-0.25, -0.2) is 0 Å². The van der Waals surface area contributed by atoms with Gasteiger partial charge in [0.25, 0.3) is 0 Å². The number of hydrogen-bond donors (Lipinski definition) is 2. The van der Waals surface area contributed by atoms with Crippen molar-refractivity contribution in [2.24, 2.45) is 5.73 Å². The zero-order valence-corrected chi connectivity index (χ0v) is 14.3. The lowest BCUT2D eigenvalue weighted by Gasteiger charge is -2.13. The molecule has 0 heterocycles. The monoisotopic (exact) mass is 366 g/mol. The fourth-order valence-corrected chi connectivity index (χ4v) is 2.60. The molecule has 1 rings (SSSR count). The average Bonchev–Trinajstić information content (AvgIpc) is 2.29. The zero-order chi connectivity index (χ0) is 13.5. The van der Waals surface area contributed by atoms with Crippen molar-refractivity contribution in [2.45, 2.75) is 36.5 Å². The molecule has 1 amide bonds. The van der Waals surface area contributed by atoms with E-state index in [2.05, 4.69) is 40.3 Å². The number of halogens is 2. The van der Waals surface area contributed by atoms with Crippen molar-refractivity contribution in [2.75, 3.05) is 6.54 Å². The van der Waals surface area contributed by atoms with Crippen LogP contribution in [0.15, 0.2) is 33.6 Å². The maximum absolute atomic E-state index is 11.4. The Labute approximate surface area is 133 Å². The number of carbonyl (C=O) groups excluding carboxylic acids is 1. The number of benzene rings is 1. The zero-order valence-electron chi connectivity index (χ0n) is 11.1. The minimum atomic E-state index is -0.0839. The third-order valence-corrected chi connectivity index (χ3v) is 3.89. The second kappa shape index (κ2) is 9.64. The van der Waals surface area contributed by atoms with E-state index in [1.807, 2.05) is 19.1 Å². The first kappa shape index (κ1) is 18.8. The highest BCUT2D eigenvalue weighted by atomic mass is 79.9. The van der Waals surface area contributed by atoms with E-state index in [9.17, 15) is 4.79 Å². The Bertz CT molecular complexity index is 387. The molecule has 0 aromatic heterocycles. The number of nitrogens with two attached hydrogens (primary N) is 1. The van der Waals surface area contributed by atoms with Crippen LogP contribution in [0.5, 0.6) is 0 Å². The molecular formula is C13H20BrClN2OS. The maximum Gasteiger partial charge on any atom is 0.221 e. The van der Waals surface area contributed by atoms with Gasteiger partial charge in [0.05, 0.1) is 0 Å². The Morgan fingerprint density at radius 3 is 2.47 bits per heavy atom. The molecule has 2 atom stereocenters. The van der Waals surface area contributed by atoms with Gasteiger partial charge in [0.1, 0.15) is 0 Å². The van der Waals surface area contributed by atoms with Crippen molar-refractivity contribution in [3.05, 3.63) is 28.7 Å². The van der Waals surface area contributed by atoms with E-state index in [1.165, 1.54) is 4.90 Å². The number of hydrogen-bond acceptors (Lipinski definition) is 3. The molecule has 0 radical (unpaired) electrons. The van der Waals surface area contributed by atoms with Gasteiger partial charge >= 0.3 is 0 Å². The van der Waals surface area contributed by atoms with Crippen LogP contribution in [0.1, 0.15) is 20.3 Å². The van der Waals surface area contributed by atoms with Crippen LogP contribution >= 0.6 is 40.1 Å². The molecule has 0 saturated heterocycles. The van der Waals surface area contributed by atoms with Crippen LogP contribution in [0.4, 0.5) is 0 Å². The molecule has 3 N–H and O–H groups in total. The smallest absolute Gasteiger partial charge is 0.221 e. The third-order valence-electron chi connectivity index (χ3n) is 2.24. The van der Waals surface area contributed by atoms with E-state index in [1.54, 1.807) is 11.8 Å². The Morgan fingerprint density at radius 2 is 1.95 bits per heavy atom. The molecule has 1 aromatic rings. The Morgan fingerprint density at radius 1 is 1.37 bits per heavy atom. The highest BCUT2D eigenvalue weighted by Crippen LogP contribution is 2.24. The quantitative estimate of drug-likeness (QED) is 0.759. The minimum Gasteiger partial charge on any atom is -0.355 e. The summed E-state index contributed by atoms with van der Waals surface area (Å²) in [5, 5.41) is 3.23. The predicted molar refractivity (Wildman–Crippen MR) is 88.0 cm³/mol. The van der Waals surface area contributed by atoms with Gasteiger partial charge < -0.3 is 11.1 Å². The first-order chi connectivity index (χ1) is 8.47. The molecule has 6 heteroatoms. The van der Waals surface area contributed by atoms with Crippen LogP contribution in [-0.4, -0.2) is 23.7 Å². The van der Waals surface area contributed by atoms with Crippen LogP contribution in [0.3, 0.4) is 0 Å². The summed E-state index contributed by atoms with van der Waals surface area (Å²) in [4.78, 5) is 12.6. The van der Waals surface area contributed by atoms with E-state index in [0.717, 1.165) is 4.47 Å². The van der Waals surface area contributed by atoms with E-state index in [-0.39, 0.29) is 24.4 Å². The van der Waals surface area contributed by atoms with Crippen molar-refractivity contribution in [3.8, 4) is 0 Å². The summed E-state index contributed by atoms with van der Waals surface area (Å²) in [5.74, 6) is 0.0215. The van der Waals surface area contributed by atoms with Crippen molar-refractivity contribution >= 4 is 46.0 Å². The average molecular weight is 368 g/mol.